The van der Waals surface area contributed by atoms with Crippen molar-refractivity contribution in [1.29, 1.82) is 0 Å². The number of ether oxygens (including phenoxy) is 1. The molecule has 0 bridgehead atoms. The molecule has 1 fully saturated rings. The summed E-state index contributed by atoms with van der Waals surface area (Å²) in [4.78, 5) is 2.48. The standard InChI is InChI=1S/C15H20N2O/c1-2-17-12-13(11-16-7-9-18-10-8-16)14-5-3-4-6-15(14)17/h3-6,12H,2,7-11H2,1H3. The molecule has 1 saturated heterocycles. The Balaban J connectivity index is 1.91. The van der Waals surface area contributed by atoms with Crippen LogP contribution in [-0.4, -0.2) is 35.8 Å². The highest BCUT2D eigenvalue weighted by Gasteiger charge is 2.14. The van der Waals surface area contributed by atoms with Gasteiger partial charge in [0.2, 0.25) is 0 Å². The normalized spacial score (nSPS) is 17.4. The first-order chi connectivity index (χ1) is 8.88. The maximum absolute atomic E-state index is 5.40. The minimum absolute atomic E-state index is 0.867. The summed E-state index contributed by atoms with van der Waals surface area (Å²) in [5, 5.41) is 1.39. The van der Waals surface area contributed by atoms with E-state index in [9.17, 15) is 0 Å². The molecule has 3 heteroatoms. The highest BCUT2D eigenvalue weighted by molar-refractivity contribution is 5.83. The Bertz CT molecular complexity index is 526. The molecule has 1 aromatic heterocycles. The van der Waals surface area contributed by atoms with E-state index in [-0.39, 0.29) is 0 Å². The van der Waals surface area contributed by atoms with Crippen molar-refractivity contribution in [3.8, 4) is 0 Å². The van der Waals surface area contributed by atoms with Crippen molar-refractivity contribution in [1.82, 2.24) is 9.47 Å². The quantitative estimate of drug-likeness (QED) is 0.825. The highest BCUT2D eigenvalue weighted by atomic mass is 16.5. The fraction of sp³-hybridized carbons (Fsp3) is 0.467. The van der Waals surface area contributed by atoms with E-state index in [1.165, 1.54) is 16.5 Å². The largest absolute Gasteiger partial charge is 0.379 e. The molecule has 3 nitrogen and oxygen atoms in total. The van der Waals surface area contributed by atoms with Gasteiger partial charge in [-0.1, -0.05) is 18.2 Å². The Hall–Kier alpha value is -1.32. The first-order valence-electron chi connectivity index (χ1n) is 6.75. The zero-order valence-electron chi connectivity index (χ0n) is 10.9. The third-order valence-corrected chi connectivity index (χ3v) is 3.71. The predicted octanol–water partition coefficient (Wildman–Crippen LogP) is 2.49. The number of rotatable bonds is 3. The van der Waals surface area contributed by atoms with Crippen molar-refractivity contribution in [2.75, 3.05) is 26.3 Å². The third kappa shape index (κ3) is 2.16. The second-order valence-electron chi connectivity index (χ2n) is 4.85. The van der Waals surface area contributed by atoms with Crippen molar-refractivity contribution in [3.05, 3.63) is 36.0 Å². The lowest BCUT2D eigenvalue weighted by Crippen LogP contribution is -2.35. The predicted molar refractivity (Wildman–Crippen MR) is 73.7 cm³/mol. The van der Waals surface area contributed by atoms with Gasteiger partial charge in [0.05, 0.1) is 13.2 Å². The fourth-order valence-corrected chi connectivity index (χ4v) is 2.71. The lowest BCUT2D eigenvalue weighted by atomic mass is 10.1. The van der Waals surface area contributed by atoms with E-state index in [0.29, 0.717) is 0 Å². The number of nitrogens with zero attached hydrogens (tertiary/aromatic N) is 2. The van der Waals surface area contributed by atoms with Crippen molar-refractivity contribution in [2.45, 2.75) is 20.0 Å². The Labute approximate surface area is 108 Å². The number of para-hydroxylation sites is 1. The molecular weight excluding hydrogens is 224 g/mol. The maximum atomic E-state index is 5.40. The Morgan fingerprint density at radius 2 is 1.94 bits per heavy atom. The minimum Gasteiger partial charge on any atom is -0.379 e. The van der Waals surface area contributed by atoms with E-state index in [0.717, 1.165) is 39.4 Å². The molecule has 1 aliphatic heterocycles. The molecule has 96 valence electrons. The summed E-state index contributed by atoms with van der Waals surface area (Å²) in [5.74, 6) is 0. The molecule has 18 heavy (non-hydrogen) atoms. The molecule has 0 amide bonds. The zero-order valence-corrected chi connectivity index (χ0v) is 10.9. The number of fused-ring (bicyclic) bond motifs is 1. The van der Waals surface area contributed by atoms with Crippen LogP contribution in [0.2, 0.25) is 0 Å². The number of benzene rings is 1. The van der Waals surface area contributed by atoms with Gasteiger partial charge < -0.3 is 9.30 Å². The van der Waals surface area contributed by atoms with Crippen LogP contribution < -0.4 is 0 Å². The molecule has 0 saturated carbocycles. The molecule has 0 unspecified atom stereocenters. The van der Waals surface area contributed by atoms with Crippen LogP contribution in [0.3, 0.4) is 0 Å². The molecule has 3 rings (SSSR count). The average molecular weight is 244 g/mol. The van der Waals surface area contributed by atoms with Crippen molar-refractivity contribution in [3.63, 3.8) is 0 Å². The summed E-state index contributed by atoms with van der Waals surface area (Å²) in [5.41, 5.74) is 2.79. The van der Waals surface area contributed by atoms with Crippen LogP contribution >= 0.6 is 0 Å². The first kappa shape index (κ1) is 11.8. The Morgan fingerprint density at radius 1 is 1.17 bits per heavy atom. The molecule has 0 radical (unpaired) electrons. The van der Waals surface area contributed by atoms with Gasteiger partial charge in [-0.25, -0.2) is 0 Å². The molecule has 1 aromatic carbocycles. The monoisotopic (exact) mass is 244 g/mol. The molecule has 2 aromatic rings. The van der Waals surface area contributed by atoms with Crippen molar-refractivity contribution < 1.29 is 4.74 Å². The van der Waals surface area contributed by atoms with E-state index in [1.54, 1.807) is 0 Å². The van der Waals surface area contributed by atoms with Gasteiger partial charge in [0.1, 0.15) is 0 Å². The van der Waals surface area contributed by atoms with Crippen LogP contribution in [-0.2, 0) is 17.8 Å². The number of hydrogen-bond acceptors (Lipinski definition) is 2. The van der Waals surface area contributed by atoms with E-state index in [4.69, 9.17) is 4.74 Å². The molecule has 0 spiro atoms. The number of morpholine rings is 1. The second-order valence-corrected chi connectivity index (χ2v) is 4.85. The van der Waals surface area contributed by atoms with Crippen LogP contribution in [0.25, 0.3) is 10.9 Å². The van der Waals surface area contributed by atoms with Gasteiger partial charge >= 0.3 is 0 Å². The maximum Gasteiger partial charge on any atom is 0.0594 e. The second kappa shape index (κ2) is 5.12. The summed E-state index contributed by atoms with van der Waals surface area (Å²) in [7, 11) is 0. The summed E-state index contributed by atoms with van der Waals surface area (Å²) >= 11 is 0. The first-order valence-corrected chi connectivity index (χ1v) is 6.75. The highest BCUT2D eigenvalue weighted by Crippen LogP contribution is 2.22. The van der Waals surface area contributed by atoms with Crippen LogP contribution in [0.5, 0.6) is 0 Å². The van der Waals surface area contributed by atoms with E-state index < -0.39 is 0 Å². The van der Waals surface area contributed by atoms with Gasteiger partial charge in [-0.2, -0.15) is 0 Å². The van der Waals surface area contributed by atoms with Gasteiger partial charge in [0, 0.05) is 43.3 Å². The van der Waals surface area contributed by atoms with Crippen LogP contribution in [0.15, 0.2) is 30.5 Å². The van der Waals surface area contributed by atoms with Gasteiger partial charge in [0.15, 0.2) is 0 Å². The van der Waals surface area contributed by atoms with Crippen molar-refractivity contribution in [2.24, 2.45) is 0 Å². The van der Waals surface area contributed by atoms with Crippen LogP contribution in [0.1, 0.15) is 12.5 Å². The average Bonchev–Trinajstić information content (AvgIpc) is 2.78. The summed E-state index contributed by atoms with van der Waals surface area (Å²) in [6.07, 6.45) is 2.31. The minimum atomic E-state index is 0.867. The number of aryl methyl sites for hydroxylation is 1. The number of hydrogen-bond donors (Lipinski definition) is 0. The molecule has 2 heterocycles. The lowest BCUT2D eigenvalue weighted by molar-refractivity contribution is 0.0343. The third-order valence-electron chi connectivity index (χ3n) is 3.71. The Kier molecular flexibility index (Phi) is 3.35. The summed E-state index contributed by atoms with van der Waals surface area (Å²) in [6, 6.07) is 8.69. The van der Waals surface area contributed by atoms with E-state index in [1.807, 2.05) is 0 Å². The van der Waals surface area contributed by atoms with Gasteiger partial charge in [-0.3, -0.25) is 4.90 Å². The van der Waals surface area contributed by atoms with Crippen molar-refractivity contribution >= 4 is 10.9 Å². The topological polar surface area (TPSA) is 17.4 Å². The molecule has 1 aliphatic rings. The molecular formula is C15H20N2O. The zero-order chi connectivity index (χ0) is 12.4. The lowest BCUT2D eigenvalue weighted by Gasteiger charge is -2.26. The molecule has 0 atom stereocenters. The summed E-state index contributed by atoms with van der Waals surface area (Å²) < 4.78 is 7.74. The van der Waals surface area contributed by atoms with Gasteiger partial charge in [0.25, 0.3) is 0 Å². The van der Waals surface area contributed by atoms with Crippen LogP contribution in [0, 0.1) is 0 Å². The van der Waals surface area contributed by atoms with Gasteiger partial charge in [-0.15, -0.1) is 0 Å². The Morgan fingerprint density at radius 3 is 2.72 bits per heavy atom. The number of aromatic nitrogens is 1. The molecule has 0 aliphatic carbocycles. The SMILES string of the molecule is CCn1cc(CN2CCOCC2)c2ccccc21. The summed E-state index contributed by atoms with van der Waals surface area (Å²) in [6.45, 7) is 8.10. The van der Waals surface area contributed by atoms with Crippen LogP contribution in [0.4, 0.5) is 0 Å². The fourth-order valence-electron chi connectivity index (χ4n) is 2.71. The van der Waals surface area contributed by atoms with Gasteiger partial charge in [-0.05, 0) is 18.6 Å². The van der Waals surface area contributed by atoms with E-state index in [2.05, 4.69) is 46.9 Å². The van der Waals surface area contributed by atoms with E-state index >= 15 is 0 Å². The smallest absolute Gasteiger partial charge is 0.0594 e. The molecule has 0 N–H and O–H groups in total.